The van der Waals surface area contributed by atoms with Gasteiger partial charge in [0.05, 0.1) is 0 Å². The van der Waals surface area contributed by atoms with Crippen molar-refractivity contribution in [3.8, 4) is 11.5 Å². The van der Waals surface area contributed by atoms with Crippen LogP contribution in [0.3, 0.4) is 0 Å². The highest BCUT2D eigenvalue weighted by molar-refractivity contribution is 5.95. The van der Waals surface area contributed by atoms with Crippen LogP contribution in [0.5, 0.6) is 11.5 Å². The number of piperidine rings is 1. The summed E-state index contributed by atoms with van der Waals surface area (Å²) < 4.78 is 0. The predicted molar refractivity (Wildman–Crippen MR) is 92.6 cm³/mol. The van der Waals surface area contributed by atoms with Crippen molar-refractivity contribution in [3.63, 3.8) is 0 Å². The summed E-state index contributed by atoms with van der Waals surface area (Å²) in [5.41, 5.74) is 0.875. The van der Waals surface area contributed by atoms with Gasteiger partial charge in [-0.25, -0.2) is 0 Å². The standard InChI is InChI=1S/C19H20N2O4/c22-16-10-14(11-17(23)12-16)18(24)20-15-6-8-21(9-7-15)19(25)13-4-2-1-3-5-13/h1-5,10-12,15,22-23H,6-9H2,(H,20,24). The van der Waals surface area contributed by atoms with E-state index in [0.29, 0.717) is 31.5 Å². The molecule has 3 N–H and O–H groups in total. The lowest BCUT2D eigenvalue weighted by molar-refractivity contribution is 0.0698. The molecule has 1 fully saturated rings. The second-order valence-corrected chi connectivity index (χ2v) is 6.14. The molecule has 1 heterocycles. The average molecular weight is 340 g/mol. The molecule has 2 aromatic rings. The molecule has 130 valence electrons. The maximum atomic E-state index is 12.4. The smallest absolute Gasteiger partial charge is 0.253 e. The van der Waals surface area contributed by atoms with Crippen molar-refractivity contribution in [2.24, 2.45) is 0 Å². The number of nitrogens with one attached hydrogen (secondary N) is 1. The Hall–Kier alpha value is -3.02. The van der Waals surface area contributed by atoms with Crippen molar-refractivity contribution >= 4 is 11.8 Å². The van der Waals surface area contributed by atoms with Gasteiger partial charge in [0.25, 0.3) is 11.8 Å². The summed E-state index contributed by atoms with van der Waals surface area (Å²) in [4.78, 5) is 26.4. The number of aromatic hydroxyl groups is 2. The minimum atomic E-state index is -0.348. The molecule has 25 heavy (non-hydrogen) atoms. The number of phenols is 2. The molecular formula is C19H20N2O4. The van der Waals surface area contributed by atoms with Crippen molar-refractivity contribution in [2.75, 3.05) is 13.1 Å². The first kappa shape index (κ1) is 16.8. The summed E-state index contributed by atoms with van der Waals surface area (Å²) in [6.07, 6.45) is 1.32. The molecule has 3 rings (SSSR count). The van der Waals surface area contributed by atoms with Gasteiger partial charge in [-0.2, -0.15) is 0 Å². The molecule has 0 radical (unpaired) electrons. The van der Waals surface area contributed by atoms with E-state index in [0.717, 1.165) is 0 Å². The summed E-state index contributed by atoms with van der Waals surface area (Å²) >= 11 is 0. The number of phenolic OH excluding ortho intramolecular Hbond substituents is 2. The third kappa shape index (κ3) is 4.09. The van der Waals surface area contributed by atoms with Crippen molar-refractivity contribution in [2.45, 2.75) is 18.9 Å². The van der Waals surface area contributed by atoms with Crippen LogP contribution in [0, 0.1) is 0 Å². The maximum Gasteiger partial charge on any atom is 0.253 e. The fraction of sp³-hybridized carbons (Fsp3) is 0.263. The van der Waals surface area contributed by atoms with Gasteiger partial charge in [0.2, 0.25) is 0 Å². The zero-order valence-electron chi connectivity index (χ0n) is 13.7. The van der Waals surface area contributed by atoms with E-state index in [2.05, 4.69) is 5.32 Å². The quantitative estimate of drug-likeness (QED) is 0.798. The van der Waals surface area contributed by atoms with Crippen LogP contribution in [-0.4, -0.2) is 46.1 Å². The van der Waals surface area contributed by atoms with Gasteiger partial charge in [-0.05, 0) is 37.1 Å². The SMILES string of the molecule is O=C(NC1CCN(C(=O)c2ccccc2)CC1)c1cc(O)cc(O)c1. The van der Waals surface area contributed by atoms with E-state index < -0.39 is 0 Å². The number of benzene rings is 2. The zero-order valence-corrected chi connectivity index (χ0v) is 13.7. The van der Waals surface area contributed by atoms with Crippen molar-refractivity contribution < 1.29 is 19.8 Å². The minimum absolute atomic E-state index is 0.00304. The van der Waals surface area contributed by atoms with Crippen LogP contribution in [0.1, 0.15) is 33.6 Å². The third-order valence-electron chi connectivity index (χ3n) is 4.30. The average Bonchev–Trinajstić information content (AvgIpc) is 2.61. The van der Waals surface area contributed by atoms with Gasteiger partial charge in [-0.15, -0.1) is 0 Å². The van der Waals surface area contributed by atoms with Gasteiger partial charge in [-0.1, -0.05) is 18.2 Å². The first-order valence-electron chi connectivity index (χ1n) is 8.21. The van der Waals surface area contributed by atoms with E-state index in [1.54, 1.807) is 17.0 Å². The summed E-state index contributed by atoms with van der Waals surface area (Å²) in [7, 11) is 0. The van der Waals surface area contributed by atoms with Crippen LogP contribution in [0.2, 0.25) is 0 Å². The Bertz CT molecular complexity index is 748. The minimum Gasteiger partial charge on any atom is -0.508 e. The van der Waals surface area contributed by atoms with Crippen LogP contribution < -0.4 is 5.32 Å². The Morgan fingerprint density at radius 2 is 1.52 bits per heavy atom. The lowest BCUT2D eigenvalue weighted by Crippen LogP contribution is -2.46. The van der Waals surface area contributed by atoms with Crippen LogP contribution in [0.4, 0.5) is 0 Å². The second kappa shape index (κ2) is 7.25. The van der Waals surface area contributed by atoms with Gasteiger partial charge in [-0.3, -0.25) is 9.59 Å². The number of carbonyl (C=O) groups excluding carboxylic acids is 2. The largest absolute Gasteiger partial charge is 0.508 e. The van der Waals surface area contributed by atoms with Crippen molar-refractivity contribution in [1.82, 2.24) is 10.2 Å². The van der Waals surface area contributed by atoms with Gasteiger partial charge >= 0.3 is 0 Å². The molecule has 0 atom stereocenters. The summed E-state index contributed by atoms with van der Waals surface area (Å²) in [6, 6.07) is 12.9. The highest BCUT2D eigenvalue weighted by Crippen LogP contribution is 2.21. The summed E-state index contributed by atoms with van der Waals surface area (Å²) in [6.45, 7) is 1.15. The summed E-state index contributed by atoms with van der Waals surface area (Å²) in [5, 5.41) is 21.8. The molecule has 0 spiro atoms. The van der Waals surface area contributed by atoms with Gasteiger partial charge < -0.3 is 20.4 Å². The van der Waals surface area contributed by atoms with E-state index in [1.165, 1.54) is 18.2 Å². The molecule has 6 heteroatoms. The molecule has 6 nitrogen and oxygen atoms in total. The lowest BCUT2D eigenvalue weighted by atomic mass is 10.0. The van der Waals surface area contributed by atoms with Gasteiger partial charge in [0.15, 0.2) is 0 Å². The number of hydrogen-bond donors (Lipinski definition) is 3. The molecule has 2 aromatic carbocycles. The molecule has 2 amide bonds. The highest BCUT2D eigenvalue weighted by Gasteiger charge is 2.25. The van der Waals surface area contributed by atoms with Crippen molar-refractivity contribution in [1.29, 1.82) is 0 Å². The molecule has 0 unspecified atom stereocenters. The monoisotopic (exact) mass is 340 g/mol. The normalized spacial score (nSPS) is 15.0. The third-order valence-corrected chi connectivity index (χ3v) is 4.30. The lowest BCUT2D eigenvalue weighted by Gasteiger charge is -2.32. The first-order valence-corrected chi connectivity index (χ1v) is 8.21. The van der Waals surface area contributed by atoms with Crippen LogP contribution in [-0.2, 0) is 0 Å². The molecule has 0 aromatic heterocycles. The van der Waals surface area contributed by atoms with Crippen LogP contribution >= 0.6 is 0 Å². The van der Waals surface area contributed by atoms with E-state index in [1.807, 2.05) is 18.2 Å². The number of carbonyl (C=O) groups is 2. The topological polar surface area (TPSA) is 89.9 Å². The van der Waals surface area contributed by atoms with Gasteiger partial charge in [0.1, 0.15) is 11.5 Å². The molecule has 0 saturated carbocycles. The van der Waals surface area contributed by atoms with Crippen molar-refractivity contribution in [3.05, 3.63) is 59.7 Å². The fourth-order valence-electron chi connectivity index (χ4n) is 2.99. The Kier molecular flexibility index (Phi) is 4.88. The molecule has 0 bridgehead atoms. The van der Waals surface area contributed by atoms with E-state index in [-0.39, 0.29) is 34.9 Å². The first-order chi connectivity index (χ1) is 12.0. The molecule has 1 saturated heterocycles. The number of rotatable bonds is 3. The number of hydrogen-bond acceptors (Lipinski definition) is 4. The Labute approximate surface area is 145 Å². The van der Waals surface area contributed by atoms with E-state index >= 15 is 0 Å². The molecular weight excluding hydrogens is 320 g/mol. The number of amides is 2. The Morgan fingerprint density at radius 3 is 2.12 bits per heavy atom. The zero-order chi connectivity index (χ0) is 17.8. The second-order valence-electron chi connectivity index (χ2n) is 6.14. The maximum absolute atomic E-state index is 12.4. The van der Waals surface area contributed by atoms with Crippen LogP contribution in [0.25, 0.3) is 0 Å². The Balaban J connectivity index is 1.56. The highest BCUT2D eigenvalue weighted by atomic mass is 16.3. The number of likely N-dealkylation sites (tertiary alicyclic amines) is 1. The summed E-state index contributed by atoms with van der Waals surface area (Å²) in [5.74, 6) is -0.663. The molecule has 0 aliphatic carbocycles. The fourth-order valence-corrected chi connectivity index (χ4v) is 2.99. The van der Waals surface area contributed by atoms with E-state index in [4.69, 9.17) is 0 Å². The molecule has 1 aliphatic rings. The Morgan fingerprint density at radius 1 is 0.920 bits per heavy atom. The van der Waals surface area contributed by atoms with Gasteiger partial charge in [0, 0.05) is 36.3 Å². The molecule has 1 aliphatic heterocycles. The number of nitrogens with zero attached hydrogens (tertiary/aromatic N) is 1. The van der Waals surface area contributed by atoms with Crippen LogP contribution in [0.15, 0.2) is 48.5 Å². The predicted octanol–water partition coefficient (Wildman–Crippen LogP) is 2.13. The van der Waals surface area contributed by atoms with E-state index in [9.17, 15) is 19.8 Å².